The summed E-state index contributed by atoms with van der Waals surface area (Å²) in [5.74, 6) is 6.73. The fraction of sp³-hybridized carbons (Fsp3) is 0.176. The van der Waals surface area contributed by atoms with Crippen molar-refractivity contribution in [2.24, 2.45) is 0 Å². The van der Waals surface area contributed by atoms with Crippen molar-refractivity contribution in [2.45, 2.75) is 19.8 Å². The van der Waals surface area contributed by atoms with Crippen LogP contribution >= 0.6 is 0 Å². The first kappa shape index (κ1) is 12.6. The Kier molecular flexibility index (Phi) is 2.90. The molecule has 0 spiro atoms. The molecule has 0 fully saturated rings. The van der Waals surface area contributed by atoms with Gasteiger partial charge in [-0.2, -0.15) is 0 Å². The van der Waals surface area contributed by atoms with Gasteiger partial charge in [-0.3, -0.25) is 4.68 Å². The Morgan fingerprint density at radius 3 is 2.30 bits per heavy atom. The second-order valence-corrected chi connectivity index (χ2v) is 5.49. The zero-order valence-corrected chi connectivity index (χ0v) is 11.8. The third-order valence-electron chi connectivity index (χ3n) is 3.74. The average molecular weight is 265 g/mol. The summed E-state index contributed by atoms with van der Waals surface area (Å²) < 4.78 is 1.70. The third-order valence-corrected chi connectivity index (χ3v) is 3.74. The van der Waals surface area contributed by atoms with Crippen molar-refractivity contribution in [3.63, 3.8) is 0 Å². The molecular weight excluding hydrogens is 246 g/mol. The minimum atomic E-state index is 0.535. The maximum absolute atomic E-state index is 6.20. The fourth-order valence-electron chi connectivity index (χ4n) is 2.50. The van der Waals surface area contributed by atoms with E-state index in [1.807, 2.05) is 18.2 Å². The molecule has 0 unspecified atom stereocenters. The number of anilines is 1. The Labute approximate surface area is 118 Å². The highest BCUT2D eigenvalue weighted by Crippen LogP contribution is 2.28. The summed E-state index contributed by atoms with van der Waals surface area (Å²) in [4.78, 5) is 0. The van der Waals surface area contributed by atoms with Crippen LogP contribution in [0.2, 0.25) is 0 Å². The minimum Gasteiger partial charge on any atom is -0.399 e. The number of benzene rings is 2. The molecule has 1 aromatic heterocycles. The molecule has 3 nitrogen and oxygen atoms in total. The number of hydrogen-bond acceptors (Lipinski definition) is 2. The largest absolute Gasteiger partial charge is 0.399 e. The molecule has 0 atom stereocenters. The highest BCUT2D eigenvalue weighted by molar-refractivity contribution is 5.89. The Bertz CT molecular complexity index is 752. The Morgan fingerprint density at radius 2 is 1.65 bits per heavy atom. The number of fused-ring (bicyclic) bond motifs is 1. The van der Waals surface area contributed by atoms with Crippen molar-refractivity contribution in [2.75, 3.05) is 11.6 Å². The van der Waals surface area contributed by atoms with E-state index in [-0.39, 0.29) is 0 Å². The standard InChI is InChI=1S/C17H19N3/c1-11(2)12-3-5-13(6-4-12)16-9-14-7-8-15(18)10-17(14)20(16)19/h3-11H,18-19H2,1-2H3. The summed E-state index contributed by atoms with van der Waals surface area (Å²) in [6.45, 7) is 4.38. The molecule has 4 N–H and O–H groups in total. The van der Waals surface area contributed by atoms with Crippen LogP contribution in [-0.2, 0) is 0 Å². The van der Waals surface area contributed by atoms with Crippen LogP contribution in [0, 0.1) is 0 Å². The van der Waals surface area contributed by atoms with Crippen LogP contribution < -0.4 is 11.6 Å². The number of hydrogen-bond donors (Lipinski definition) is 2. The first-order chi connectivity index (χ1) is 9.56. The minimum absolute atomic E-state index is 0.535. The monoisotopic (exact) mass is 265 g/mol. The lowest BCUT2D eigenvalue weighted by atomic mass is 10.0. The summed E-state index contributed by atoms with van der Waals surface area (Å²) in [7, 11) is 0. The second-order valence-electron chi connectivity index (χ2n) is 5.49. The molecule has 0 radical (unpaired) electrons. The Hall–Kier alpha value is -2.42. The molecule has 0 aliphatic rings. The van der Waals surface area contributed by atoms with Crippen LogP contribution in [0.1, 0.15) is 25.3 Å². The molecule has 20 heavy (non-hydrogen) atoms. The summed E-state index contributed by atoms with van der Waals surface area (Å²) in [5.41, 5.74) is 11.0. The van der Waals surface area contributed by atoms with E-state index in [0.717, 1.165) is 27.8 Å². The number of nitrogen functional groups attached to an aromatic ring is 2. The van der Waals surface area contributed by atoms with Crippen LogP contribution in [0.5, 0.6) is 0 Å². The van der Waals surface area contributed by atoms with Gasteiger partial charge in [-0.15, -0.1) is 0 Å². The van der Waals surface area contributed by atoms with Crippen LogP contribution in [0.15, 0.2) is 48.5 Å². The second kappa shape index (κ2) is 4.60. The van der Waals surface area contributed by atoms with Crippen molar-refractivity contribution in [1.29, 1.82) is 0 Å². The molecule has 2 aromatic carbocycles. The van der Waals surface area contributed by atoms with E-state index >= 15 is 0 Å². The molecule has 3 aromatic rings. The third kappa shape index (κ3) is 2.01. The Balaban J connectivity index is 2.12. The van der Waals surface area contributed by atoms with Crippen molar-refractivity contribution in [3.05, 3.63) is 54.1 Å². The molecule has 0 saturated carbocycles. The number of nitrogens with zero attached hydrogens (tertiary/aromatic N) is 1. The van der Waals surface area contributed by atoms with Gasteiger partial charge in [0.05, 0.1) is 11.2 Å². The predicted octanol–water partition coefficient (Wildman–Crippen LogP) is 3.73. The molecule has 0 aliphatic carbocycles. The van der Waals surface area contributed by atoms with Gasteiger partial charge in [0.25, 0.3) is 0 Å². The maximum Gasteiger partial charge on any atom is 0.0718 e. The SMILES string of the molecule is CC(C)c1ccc(-c2cc3ccc(N)cc3n2N)cc1. The van der Waals surface area contributed by atoms with Crippen LogP contribution in [-0.4, -0.2) is 4.68 Å². The van der Waals surface area contributed by atoms with Gasteiger partial charge in [0.2, 0.25) is 0 Å². The zero-order chi connectivity index (χ0) is 14.3. The van der Waals surface area contributed by atoms with Crippen molar-refractivity contribution in [1.82, 2.24) is 4.68 Å². The molecule has 0 aliphatic heterocycles. The molecule has 3 rings (SSSR count). The van der Waals surface area contributed by atoms with Gasteiger partial charge in [-0.05, 0) is 29.7 Å². The van der Waals surface area contributed by atoms with E-state index < -0.39 is 0 Å². The molecule has 3 heteroatoms. The van der Waals surface area contributed by atoms with Gasteiger partial charge in [0.15, 0.2) is 0 Å². The molecule has 102 valence electrons. The lowest BCUT2D eigenvalue weighted by Crippen LogP contribution is -2.09. The van der Waals surface area contributed by atoms with E-state index in [1.54, 1.807) is 4.68 Å². The Morgan fingerprint density at radius 1 is 0.950 bits per heavy atom. The first-order valence-electron chi connectivity index (χ1n) is 6.82. The maximum atomic E-state index is 6.20. The molecular formula is C17H19N3. The summed E-state index contributed by atoms with van der Waals surface area (Å²) >= 11 is 0. The van der Waals surface area contributed by atoms with E-state index in [1.165, 1.54) is 5.56 Å². The number of rotatable bonds is 2. The topological polar surface area (TPSA) is 57.0 Å². The molecule has 0 amide bonds. The smallest absolute Gasteiger partial charge is 0.0718 e. The van der Waals surface area contributed by atoms with Crippen LogP contribution in [0.3, 0.4) is 0 Å². The summed E-state index contributed by atoms with van der Waals surface area (Å²) in [5, 5.41) is 1.10. The van der Waals surface area contributed by atoms with E-state index in [2.05, 4.69) is 44.2 Å². The van der Waals surface area contributed by atoms with Crippen molar-refractivity contribution < 1.29 is 0 Å². The van der Waals surface area contributed by atoms with E-state index in [4.69, 9.17) is 11.6 Å². The van der Waals surface area contributed by atoms with Crippen LogP contribution in [0.4, 0.5) is 5.69 Å². The number of nitrogens with two attached hydrogens (primary N) is 2. The molecule has 0 bridgehead atoms. The van der Waals surface area contributed by atoms with Gasteiger partial charge in [-0.1, -0.05) is 44.2 Å². The lowest BCUT2D eigenvalue weighted by Gasteiger charge is -2.08. The van der Waals surface area contributed by atoms with Gasteiger partial charge in [-0.25, -0.2) is 0 Å². The van der Waals surface area contributed by atoms with Gasteiger partial charge in [0, 0.05) is 16.6 Å². The number of aromatic nitrogens is 1. The average Bonchev–Trinajstić information content (AvgIpc) is 2.76. The molecule has 0 saturated heterocycles. The van der Waals surface area contributed by atoms with Crippen LogP contribution in [0.25, 0.3) is 22.2 Å². The highest BCUT2D eigenvalue weighted by Gasteiger charge is 2.09. The van der Waals surface area contributed by atoms with Gasteiger partial charge < -0.3 is 11.6 Å². The fourth-order valence-corrected chi connectivity index (χ4v) is 2.50. The van der Waals surface area contributed by atoms with Crippen molar-refractivity contribution in [3.8, 4) is 11.3 Å². The van der Waals surface area contributed by atoms with E-state index in [0.29, 0.717) is 5.92 Å². The quantitative estimate of drug-likeness (QED) is 0.548. The molecule has 1 heterocycles. The van der Waals surface area contributed by atoms with Crippen molar-refractivity contribution >= 4 is 16.6 Å². The van der Waals surface area contributed by atoms with Gasteiger partial charge in [0.1, 0.15) is 0 Å². The zero-order valence-electron chi connectivity index (χ0n) is 11.8. The van der Waals surface area contributed by atoms with Gasteiger partial charge >= 0.3 is 0 Å². The summed E-state index contributed by atoms with van der Waals surface area (Å²) in [6, 6.07) is 16.5. The summed E-state index contributed by atoms with van der Waals surface area (Å²) in [6.07, 6.45) is 0. The van der Waals surface area contributed by atoms with E-state index in [9.17, 15) is 0 Å². The lowest BCUT2D eigenvalue weighted by molar-refractivity contribution is 0.867. The predicted molar refractivity (Wildman–Crippen MR) is 86.0 cm³/mol. The normalized spacial score (nSPS) is 11.3. The highest BCUT2D eigenvalue weighted by atomic mass is 15.3. The first-order valence-corrected chi connectivity index (χ1v) is 6.82.